The lowest BCUT2D eigenvalue weighted by Gasteiger charge is -2.06. The average Bonchev–Trinajstić information content (AvgIpc) is 3.07. The smallest absolute Gasteiger partial charge is 0.267 e. The van der Waals surface area contributed by atoms with E-state index >= 15 is 0 Å². The Bertz CT molecular complexity index is 863. The molecule has 3 rings (SSSR count). The van der Waals surface area contributed by atoms with E-state index in [1.54, 1.807) is 17.5 Å². The number of carbonyl (C=O) groups excluding carboxylic acids is 2. The predicted octanol–water partition coefficient (Wildman–Crippen LogP) is 3.05. The third-order valence-corrected chi connectivity index (χ3v) is 4.88. The van der Waals surface area contributed by atoms with E-state index in [2.05, 4.69) is 15.3 Å². The molecule has 0 saturated heterocycles. The number of hydrogen-bond donors (Lipinski definition) is 1. The minimum atomic E-state index is -0.366. The Kier molecular flexibility index (Phi) is 4.68. The fourth-order valence-electron chi connectivity index (χ4n) is 2.03. The molecular weight excluding hydrogens is 330 g/mol. The zero-order chi connectivity index (χ0) is 16.2. The number of thiophene rings is 1. The maximum absolute atomic E-state index is 12.0. The van der Waals surface area contributed by atoms with Crippen molar-refractivity contribution in [1.82, 2.24) is 15.3 Å². The first kappa shape index (κ1) is 15.6. The minimum absolute atomic E-state index is 0.123. The van der Waals surface area contributed by atoms with Crippen molar-refractivity contribution in [2.24, 2.45) is 0 Å². The van der Waals surface area contributed by atoms with Gasteiger partial charge in [0.2, 0.25) is 5.91 Å². The predicted molar refractivity (Wildman–Crippen MR) is 91.8 cm³/mol. The number of nitrogens with one attached hydrogen (secondary N) is 1. The van der Waals surface area contributed by atoms with Gasteiger partial charge in [-0.1, -0.05) is 36.0 Å². The number of rotatable bonds is 4. The lowest BCUT2D eigenvalue weighted by molar-refractivity contribution is -0.117. The van der Waals surface area contributed by atoms with Gasteiger partial charge >= 0.3 is 0 Å². The molecule has 0 atom stereocenters. The monoisotopic (exact) mass is 343 g/mol. The molecule has 0 saturated carbocycles. The number of aromatic nitrogens is 2. The molecule has 23 heavy (non-hydrogen) atoms. The van der Waals surface area contributed by atoms with E-state index in [0.717, 1.165) is 15.9 Å². The van der Waals surface area contributed by atoms with E-state index in [1.807, 2.05) is 31.2 Å². The van der Waals surface area contributed by atoms with Gasteiger partial charge in [-0.05, 0) is 24.4 Å². The fraction of sp³-hybridized carbons (Fsp3) is 0.125. The van der Waals surface area contributed by atoms with Gasteiger partial charge in [0.1, 0.15) is 10.9 Å². The average molecular weight is 343 g/mol. The minimum Gasteiger partial charge on any atom is -0.291 e. The van der Waals surface area contributed by atoms with Crippen molar-refractivity contribution in [3.8, 4) is 0 Å². The second-order valence-electron chi connectivity index (χ2n) is 4.74. The highest BCUT2D eigenvalue weighted by Crippen LogP contribution is 2.24. The Hall–Kier alpha value is -2.25. The Morgan fingerprint density at radius 3 is 2.78 bits per heavy atom. The summed E-state index contributed by atoms with van der Waals surface area (Å²) in [7, 11) is 0. The van der Waals surface area contributed by atoms with Gasteiger partial charge in [-0.2, -0.15) is 0 Å². The number of hydrogen-bond acceptors (Lipinski definition) is 6. The van der Waals surface area contributed by atoms with Gasteiger partial charge < -0.3 is 0 Å². The van der Waals surface area contributed by atoms with E-state index in [-0.39, 0.29) is 17.6 Å². The van der Waals surface area contributed by atoms with Crippen LogP contribution in [0.25, 0.3) is 10.9 Å². The van der Waals surface area contributed by atoms with Gasteiger partial charge in [0.15, 0.2) is 0 Å². The van der Waals surface area contributed by atoms with Crippen molar-refractivity contribution in [3.63, 3.8) is 0 Å². The zero-order valence-electron chi connectivity index (χ0n) is 12.3. The number of amides is 2. The fourth-order valence-corrected chi connectivity index (χ4v) is 3.52. The van der Waals surface area contributed by atoms with Crippen LogP contribution in [0.4, 0.5) is 0 Å². The van der Waals surface area contributed by atoms with Crippen LogP contribution in [0.1, 0.15) is 15.5 Å². The molecule has 0 spiro atoms. The molecule has 0 radical (unpaired) electrons. The summed E-state index contributed by atoms with van der Waals surface area (Å²) in [6, 6.07) is 11.1. The summed E-state index contributed by atoms with van der Waals surface area (Å²) < 4.78 is 0. The van der Waals surface area contributed by atoms with Crippen molar-refractivity contribution >= 4 is 45.8 Å². The van der Waals surface area contributed by atoms with Crippen molar-refractivity contribution < 1.29 is 9.59 Å². The highest BCUT2D eigenvalue weighted by molar-refractivity contribution is 8.00. The first-order chi connectivity index (χ1) is 11.1. The molecule has 5 nitrogen and oxygen atoms in total. The first-order valence-electron chi connectivity index (χ1n) is 6.87. The number of carbonyl (C=O) groups is 2. The molecule has 0 aliphatic heterocycles. The van der Waals surface area contributed by atoms with E-state index in [9.17, 15) is 9.59 Å². The van der Waals surface area contributed by atoms with Crippen LogP contribution in [0, 0.1) is 6.92 Å². The van der Waals surface area contributed by atoms with E-state index in [0.29, 0.717) is 10.7 Å². The van der Waals surface area contributed by atoms with Crippen LogP contribution < -0.4 is 5.32 Å². The molecule has 2 amide bonds. The Balaban J connectivity index is 1.68. The number of aryl methyl sites for hydroxylation is 1. The maximum Gasteiger partial charge on any atom is 0.267 e. The Labute approximate surface area is 141 Å². The first-order valence-corrected chi connectivity index (χ1v) is 8.74. The quantitative estimate of drug-likeness (QED) is 0.582. The van der Waals surface area contributed by atoms with E-state index in [4.69, 9.17) is 0 Å². The highest BCUT2D eigenvalue weighted by Gasteiger charge is 2.13. The van der Waals surface area contributed by atoms with Gasteiger partial charge in [0.25, 0.3) is 5.91 Å². The maximum atomic E-state index is 12.0. The lowest BCUT2D eigenvalue weighted by atomic mass is 10.2. The van der Waals surface area contributed by atoms with Crippen LogP contribution >= 0.6 is 23.1 Å². The largest absolute Gasteiger partial charge is 0.291 e. The molecule has 7 heteroatoms. The van der Waals surface area contributed by atoms with Crippen molar-refractivity contribution in [3.05, 3.63) is 52.5 Å². The van der Waals surface area contributed by atoms with Crippen molar-refractivity contribution in [2.75, 3.05) is 5.75 Å². The second kappa shape index (κ2) is 6.89. The molecule has 0 aliphatic rings. The number of thioether (sulfide) groups is 1. The molecular formula is C16H13N3O2S2. The van der Waals surface area contributed by atoms with E-state index < -0.39 is 0 Å². The zero-order valence-corrected chi connectivity index (χ0v) is 13.9. The van der Waals surface area contributed by atoms with Crippen molar-refractivity contribution in [1.29, 1.82) is 0 Å². The highest BCUT2D eigenvalue weighted by atomic mass is 32.2. The Morgan fingerprint density at radius 1 is 1.17 bits per heavy atom. The summed E-state index contributed by atoms with van der Waals surface area (Å²) >= 11 is 2.60. The summed E-state index contributed by atoms with van der Waals surface area (Å²) in [5, 5.41) is 5.82. The topological polar surface area (TPSA) is 72.0 Å². The lowest BCUT2D eigenvalue weighted by Crippen LogP contribution is -2.31. The standard InChI is InChI=1S/C16H13N3O2S2/c1-10-17-12-6-3-2-5-11(12)16(18-10)23-9-14(20)19-15(21)13-7-4-8-22-13/h2-8H,9H2,1H3,(H,19,20,21). The van der Waals surface area contributed by atoms with Crippen LogP contribution in [0.3, 0.4) is 0 Å². The summed E-state index contributed by atoms with van der Waals surface area (Å²) in [5.41, 5.74) is 0.845. The molecule has 116 valence electrons. The van der Waals surface area contributed by atoms with Gasteiger partial charge in [-0.3, -0.25) is 14.9 Å². The molecule has 1 N–H and O–H groups in total. The molecule has 0 aliphatic carbocycles. The number of benzene rings is 1. The molecule has 1 aromatic carbocycles. The van der Waals surface area contributed by atoms with Crippen LogP contribution in [0.15, 0.2) is 46.8 Å². The van der Waals surface area contributed by atoms with Gasteiger partial charge in [0.05, 0.1) is 16.1 Å². The number of fused-ring (bicyclic) bond motifs is 1. The van der Waals surface area contributed by atoms with Crippen LogP contribution in [-0.4, -0.2) is 27.5 Å². The third kappa shape index (κ3) is 3.75. The second-order valence-corrected chi connectivity index (χ2v) is 6.65. The number of imide groups is 1. The molecule has 3 aromatic rings. The van der Waals surface area contributed by atoms with Crippen LogP contribution in [-0.2, 0) is 4.79 Å². The summed E-state index contributed by atoms with van der Waals surface area (Å²) in [6.07, 6.45) is 0. The van der Waals surface area contributed by atoms with Gasteiger partial charge in [-0.15, -0.1) is 11.3 Å². The number of para-hydroxylation sites is 1. The normalized spacial score (nSPS) is 10.7. The summed E-state index contributed by atoms with van der Waals surface area (Å²) in [4.78, 5) is 33.1. The van der Waals surface area contributed by atoms with Crippen LogP contribution in [0.2, 0.25) is 0 Å². The molecule has 0 bridgehead atoms. The molecule has 0 unspecified atom stereocenters. The molecule has 2 aromatic heterocycles. The van der Waals surface area contributed by atoms with Crippen molar-refractivity contribution in [2.45, 2.75) is 11.9 Å². The summed E-state index contributed by atoms with van der Waals surface area (Å²) in [5.74, 6) is 0.0710. The van der Waals surface area contributed by atoms with Gasteiger partial charge in [0, 0.05) is 5.39 Å². The third-order valence-electron chi connectivity index (χ3n) is 3.02. The van der Waals surface area contributed by atoms with Crippen LogP contribution in [0.5, 0.6) is 0 Å². The SMILES string of the molecule is Cc1nc(SCC(=O)NC(=O)c2cccs2)c2ccccc2n1. The Morgan fingerprint density at radius 2 is 2.00 bits per heavy atom. The molecule has 2 heterocycles. The van der Waals surface area contributed by atoms with Gasteiger partial charge in [-0.25, -0.2) is 9.97 Å². The summed E-state index contributed by atoms with van der Waals surface area (Å²) in [6.45, 7) is 1.82. The number of nitrogens with zero attached hydrogens (tertiary/aromatic N) is 2. The van der Waals surface area contributed by atoms with E-state index in [1.165, 1.54) is 23.1 Å². The molecule has 0 fully saturated rings.